The number of rotatable bonds is 6. The Morgan fingerprint density at radius 3 is 2.44 bits per heavy atom. The number of anilines is 2. The van der Waals surface area contributed by atoms with Crippen LogP contribution in [0.1, 0.15) is 15.9 Å². The molecule has 0 spiro atoms. The quantitative estimate of drug-likeness (QED) is 0.643. The molecule has 2 aromatic rings. The number of halogens is 1. The molecule has 2 aromatic carbocycles. The van der Waals surface area contributed by atoms with E-state index in [1.807, 2.05) is 11.8 Å². The molecular weight excluding hydrogens is 443 g/mol. The maximum atomic E-state index is 14.9. The van der Waals surface area contributed by atoms with Gasteiger partial charge in [0.25, 0.3) is 5.91 Å². The van der Waals surface area contributed by atoms with E-state index in [2.05, 4.69) is 0 Å². The maximum Gasteiger partial charge on any atom is 0.414 e. The van der Waals surface area contributed by atoms with Crippen LogP contribution in [0.5, 0.6) is 0 Å². The van der Waals surface area contributed by atoms with Crippen LogP contribution in [0.3, 0.4) is 0 Å². The van der Waals surface area contributed by atoms with E-state index >= 15 is 0 Å². The fraction of sp³-hybridized carbons (Fsp3) is 0.375. The number of aryl methyl sites for hydroxylation is 1. The molecule has 2 amide bonds. The summed E-state index contributed by atoms with van der Waals surface area (Å²) >= 11 is 0. The Labute approximate surface area is 196 Å². The second kappa shape index (κ2) is 10.1. The van der Waals surface area contributed by atoms with Gasteiger partial charge in [-0.3, -0.25) is 9.69 Å². The highest BCUT2D eigenvalue weighted by molar-refractivity contribution is 5.91. The first kappa shape index (κ1) is 23.5. The number of nitrogens with zero attached hydrogens (tertiary/aromatic N) is 3. The molecule has 0 radical (unpaired) electrons. The Morgan fingerprint density at radius 1 is 1.12 bits per heavy atom. The molecule has 9 nitrogen and oxygen atoms in total. The Kier molecular flexibility index (Phi) is 6.97. The van der Waals surface area contributed by atoms with Gasteiger partial charge >= 0.3 is 12.1 Å². The number of nitrogens with two attached hydrogens (primary N) is 1. The van der Waals surface area contributed by atoms with Crippen LogP contribution in [0.25, 0.3) is 0 Å². The summed E-state index contributed by atoms with van der Waals surface area (Å²) in [5.41, 5.74) is 7.77. The first-order valence-corrected chi connectivity index (χ1v) is 11.1. The number of amides is 2. The van der Waals surface area contributed by atoms with E-state index in [1.165, 1.54) is 11.0 Å². The van der Waals surface area contributed by atoms with E-state index < -0.39 is 24.0 Å². The van der Waals surface area contributed by atoms with E-state index in [0.29, 0.717) is 43.1 Å². The van der Waals surface area contributed by atoms with Crippen molar-refractivity contribution in [3.8, 4) is 0 Å². The SMILES string of the molecule is Cc1ccc(C(=O)OCC(=O)N2CCN(c3ccc(N4C[C@H](CN)OC4=O)cc3F)CC2)cc1. The summed E-state index contributed by atoms with van der Waals surface area (Å²) in [5.74, 6) is -1.31. The van der Waals surface area contributed by atoms with Crippen molar-refractivity contribution >= 4 is 29.3 Å². The second-order valence-corrected chi connectivity index (χ2v) is 8.30. The van der Waals surface area contributed by atoms with Gasteiger partial charge in [-0.1, -0.05) is 17.7 Å². The van der Waals surface area contributed by atoms with Gasteiger partial charge in [-0.15, -0.1) is 0 Å². The number of carbonyl (C=O) groups excluding carboxylic acids is 3. The van der Waals surface area contributed by atoms with Gasteiger partial charge in [0, 0.05) is 32.7 Å². The Morgan fingerprint density at radius 2 is 1.82 bits per heavy atom. The summed E-state index contributed by atoms with van der Waals surface area (Å²) in [5, 5.41) is 0. The summed E-state index contributed by atoms with van der Waals surface area (Å²) in [6.45, 7) is 3.66. The zero-order valence-corrected chi connectivity index (χ0v) is 18.9. The lowest BCUT2D eigenvalue weighted by molar-refractivity contribution is -0.134. The van der Waals surface area contributed by atoms with Crippen molar-refractivity contribution in [2.24, 2.45) is 5.73 Å². The zero-order chi connectivity index (χ0) is 24.2. The van der Waals surface area contributed by atoms with E-state index in [4.69, 9.17) is 15.2 Å². The number of esters is 1. The third kappa shape index (κ3) is 5.12. The minimum absolute atomic E-state index is 0.205. The number of hydrogen-bond donors (Lipinski definition) is 1. The van der Waals surface area contributed by atoms with Gasteiger partial charge in [-0.2, -0.15) is 0 Å². The van der Waals surface area contributed by atoms with Gasteiger partial charge in [0.05, 0.1) is 23.5 Å². The van der Waals surface area contributed by atoms with Crippen LogP contribution < -0.4 is 15.5 Å². The minimum Gasteiger partial charge on any atom is -0.452 e. The number of ether oxygens (including phenoxy) is 2. The van der Waals surface area contributed by atoms with Crippen LogP contribution in [0.2, 0.25) is 0 Å². The standard InChI is InChI=1S/C24H27FN4O5/c1-16-2-4-17(5-3-16)23(31)33-15-22(30)28-10-8-27(9-11-28)21-7-6-18(12-20(21)25)29-14-19(13-26)34-24(29)32/h2-7,12,19H,8-11,13-15,26H2,1H3/t19-/m0/s1. The van der Waals surface area contributed by atoms with Crippen LogP contribution in [0, 0.1) is 12.7 Å². The summed E-state index contributed by atoms with van der Waals surface area (Å²) in [7, 11) is 0. The van der Waals surface area contributed by atoms with Crippen LogP contribution >= 0.6 is 0 Å². The Hall–Kier alpha value is -3.66. The number of piperazine rings is 1. The number of cyclic esters (lactones) is 1. The summed E-state index contributed by atoms with van der Waals surface area (Å²) in [4.78, 5) is 41.4. The van der Waals surface area contributed by atoms with Crippen LogP contribution in [-0.4, -0.2) is 74.8 Å². The minimum atomic E-state index is -0.547. The molecule has 2 N–H and O–H groups in total. The molecule has 180 valence electrons. The lowest BCUT2D eigenvalue weighted by Crippen LogP contribution is -2.50. The van der Waals surface area contributed by atoms with E-state index in [9.17, 15) is 18.8 Å². The molecule has 2 saturated heterocycles. The lowest BCUT2D eigenvalue weighted by atomic mass is 10.1. The predicted molar refractivity (Wildman–Crippen MR) is 123 cm³/mol. The fourth-order valence-electron chi connectivity index (χ4n) is 3.96. The average Bonchev–Trinajstić information content (AvgIpc) is 3.23. The van der Waals surface area contributed by atoms with Gasteiger partial charge in [0.1, 0.15) is 11.9 Å². The molecular formula is C24H27FN4O5. The molecule has 0 aliphatic carbocycles. The second-order valence-electron chi connectivity index (χ2n) is 8.30. The van der Waals surface area contributed by atoms with Gasteiger partial charge < -0.3 is 25.0 Å². The molecule has 2 heterocycles. The highest BCUT2D eigenvalue weighted by atomic mass is 19.1. The molecule has 0 bridgehead atoms. The molecule has 0 unspecified atom stereocenters. The van der Waals surface area contributed by atoms with Crippen molar-refractivity contribution in [2.75, 3.05) is 55.7 Å². The number of benzene rings is 2. The smallest absolute Gasteiger partial charge is 0.414 e. The third-order valence-electron chi connectivity index (χ3n) is 5.97. The first-order valence-electron chi connectivity index (χ1n) is 11.1. The van der Waals surface area contributed by atoms with E-state index in [-0.39, 0.29) is 25.6 Å². The Bertz CT molecular complexity index is 1070. The highest BCUT2D eigenvalue weighted by Gasteiger charge is 2.32. The van der Waals surface area contributed by atoms with Crippen molar-refractivity contribution in [1.29, 1.82) is 0 Å². The van der Waals surface area contributed by atoms with Crippen LogP contribution in [0.15, 0.2) is 42.5 Å². The normalized spacial score (nSPS) is 18.1. The van der Waals surface area contributed by atoms with Crippen molar-refractivity contribution in [1.82, 2.24) is 4.90 Å². The third-order valence-corrected chi connectivity index (χ3v) is 5.97. The fourth-order valence-corrected chi connectivity index (χ4v) is 3.96. The summed E-state index contributed by atoms with van der Waals surface area (Å²) in [6, 6.07) is 11.5. The molecule has 0 saturated carbocycles. The molecule has 2 fully saturated rings. The van der Waals surface area contributed by atoms with Gasteiger partial charge in [-0.25, -0.2) is 14.0 Å². The summed E-state index contributed by atoms with van der Waals surface area (Å²) < 4.78 is 25.1. The zero-order valence-electron chi connectivity index (χ0n) is 18.9. The van der Waals surface area contributed by atoms with Gasteiger partial charge in [0.2, 0.25) is 0 Å². The van der Waals surface area contributed by atoms with Crippen LogP contribution in [-0.2, 0) is 14.3 Å². The Balaban J connectivity index is 1.29. The average molecular weight is 471 g/mol. The van der Waals surface area contributed by atoms with Crippen LogP contribution in [0.4, 0.5) is 20.6 Å². The molecule has 1 atom stereocenters. The largest absolute Gasteiger partial charge is 0.452 e. The van der Waals surface area contributed by atoms with Gasteiger partial charge in [0.15, 0.2) is 6.61 Å². The van der Waals surface area contributed by atoms with Crippen molar-refractivity contribution in [3.63, 3.8) is 0 Å². The molecule has 2 aliphatic heterocycles. The maximum absolute atomic E-state index is 14.9. The topological polar surface area (TPSA) is 105 Å². The number of carbonyl (C=O) groups is 3. The monoisotopic (exact) mass is 470 g/mol. The summed E-state index contributed by atoms with van der Waals surface area (Å²) in [6.07, 6.45) is -0.949. The molecule has 2 aliphatic rings. The van der Waals surface area contributed by atoms with E-state index in [0.717, 1.165) is 5.56 Å². The van der Waals surface area contributed by atoms with Crippen molar-refractivity contribution in [2.45, 2.75) is 13.0 Å². The van der Waals surface area contributed by atoms with Gasteiger partial charge in [-0.05, 0) is 37.3 Å². The molecule has 34 heavy (non-hydrogen) atoms. The first-order chi connectivity index (χ1) is 16.4. The van der Waals surface area contributed by atoms with Crippen molar-refractivity contribution in [3.05, 3.63) is 59.4 Å². The molecule has 4 rings (SSSR count). The highest BCUT2D eigenvalue weighted by Crippen LogP contribution is 2.28. The number of hydrogen-bond acceptors (Lipinski definition) is 7. The lowest BCUT2D eigenvalue weighted by Gasteiger charge is -2.36. The predicted octanol–water partition coefficient (Wildman–Crippen LogP) is 1.92. The molecule has 10 heteroatoms. The van der Waals surface area contributed by atoms with E-state index in [1.54, 1.807) is 41.3 Å². The molecule has 0 aromatic heterocycles. The van der Waals surface area contributed by atoms with Crippen molar-refractivity contribution < 1.29 is 28.2 Å².